The number of carbonyl (C=O) groups excluding carboxylic acids is 1. The van der Waals surface area contributed by atoms with Crippen molar-refractivity contribution in [3.63, 3.8) is 0 Å². The Kier molecular flexibility index (Phi) is 3.66. The molecular weight excluding hydrogens is 320 g/mol. The number of aryl methyl sites for hydroxylation is 1. The molecule has 3 nitrogen and oxygen atoms in total. The topological polar surface area (TPSA) is 41.1 Å². The van der Waals surface area contributed by atoms with Gasteiger partial charge in [-0.2, -0.15) is 0 Å². The van der Waals surface area contributed by atoms with Crippen LogP contribution < -0.4 is 10.6 Å². The van der Waals surface area contributed by atoms with Crippen molar-refractivity contribution >= 4 is 23.2 Å². The summed E-state index contributed by atoms with van der Waals surface area (Å²) in [5.74, 6) is 0.0814. The summed E-state index contributed by atoms with van der Waals surface area (Å²) in [7, 11) is 0. The summed E-state index contributed by atoms with van der Waals surface area (Å²) in [5.41, 5.74) is 5.09. The number of benzene rings is 2. The Morgan fingerprint density at radius 1 is 1.21 bits per heavy atom. The van der Waals surface area contributed by atoms with E-state index in [-0.39, 0.29) is 11.9 Å². The zero-order valence-electron chi connectivity index (χ0n) is 13.9. The van der Waals surface area contributed by atoms with Crippen molar-refractivity contribution in [2.24, 2.45) is 0 Å². The number of halogens is 1. The normalized spacial score (nSPS) is 25.6. The van der Waals surface area contributed by atoms with Crippen molar-refractivity contribution in [2.45, 2.75) is 38.1 Å². The van der Waals surface area contributed by atoms with E-state index >= 15 is 0 Å². The molecule has 1 amide bonds. The fraction of sp³-hybridized carbons (Fsp3) is 0.350. The summed E-state index contributed by atoms with van der Waals surface area (Å²) in [6, 6.07) is 12.1. The molecule has 2 atom stereocenters. The zero-order valence-corrected chi connectivity index (χ0v) is 14.7. The third kappa shape index (κ3) is 2.11. The maximum atomic E-state index is 13.1. The van der Waals surface area contributed by atoms with E-state index < -0.39 is 5.41 Å². The highest BCUT2D eigenvalue weighted by Crippen LogP contribution is 2.51. The number of anilines is 1. The number of rotatable bonds is 1. The second kappa shape index (κ2) is 5.61. The average molecular weight is 341 g/mol. The summed E-state index contributed by atoms with van der Waals surface area (Å²) in [6.45, 7) is 5.19. The molecule has 24 heavy (non-hydrogen) atoms. The van der Waals surface area contributed by atoms with Crippen LogP contribution in [0.1, 0.15) is 41.1 Å². The van der Waals surface area contributed by atoms with Crippen molar-refractivity contribution in [1.82, 2.24) is 5.32 Å². The van der Waals surface area contributed by atoms with Gasteiger partial charge in [0.05, 0.1) is 11.5 Å². The summed E-state index contributed by atoms with van der Waals surface area (Å²) in [5, 5.41) is 7.35. The molecule has 1 saturated heterocycles. The maximum Gasteiger partial charge on any atom is 0.237 e. The highest BCUT2D eigenvalue weighted by Gasteiger charge is 2.54. The zero-order chi connectivity index (χ0) is 16.9. The summed E-state index contributed by atoms with van der Waals surface area (Å²) < 4.78 is 0. The van der Waals surface area contributed by atoms with E-state index in [1.54, 1.807) is 0 Å². The molecule has 0 bridgehead atoms. The molecule has 2 N–H and O–H groups in total. The number of fused-ring (bicyclic) bond motifs is 2. The molecule has 4 heteroatoms. The van der Waals surface area contributed by atoms with Gasteiger partial charge in [0, 0.05) is 10.7 Å². The molecule has 0 radical (unpaired) electrons. The minimum atomic E-state index is -0.559. The van der Waals surface area contributed by atoms with E-state index in [1.807, 2.05) is 18.2 Å². The lowest BCUT2D eigenvalue weighted by Gasteiger charge is -2.41. The second-order valence-corrected chi connectivity index (χ2v) is 7.33. The third-order valence-electron chi connectivity index (χ3n) is 5.66. The number of carbonyl (C=O) groups is 1. The fourth-order valence-electron chi connectivity index (χ4n) is 4.29. The smallest absolute Gasteiger partial charge is 0.237 e. The largest absolute Gasteiger partial charge is 0.325 e. The molecule has 0 saturated carbocycles. The van der Waals surface area contributed by atoms with Crippen LogP contribution in [0, 0.1) is 13.8 Å². The quantitative estimate of drug-likeness (QED) is 0.814. The van der Waals surface area contributed by atoms with Gasteiger partial charge in [-0.3, -0.25) is 4.79 Å². The molecule has 0 aromatic heterocycles. The van der Waals surface area contributed by atoms with Crippen LogP contribution >= 0.6 is 11.6 Å². The number of hydrogen-bond donors (Lipinski definition) is 2. The van der Waals surface area contributed by atoms with Crippen LogP contribution in [-0.4, -0.2) is 12.5 Å². The molecule has 2 heterocycles. The third-order valence-corrected chi connectivity index (χ3v) is 5.90. The standard InChI is InChI=1S/C20H21ClN2O/c1-12-5-3-6-15(13(12)2)18-20(9-4-10-22-18)16-8-7-14(21)11-17(16)23-19(20)24/h3,5-8,11,18,22H,4,9-10H2,1-2H3,(H,23,24)/t18-,20-/m1/s1. The molecule has 1 fully saturated rings. The Morgan fingerprint density at radius 3 is 2.88 bits per heavy atom. The van der Waals surface area contributed by atoms with E-state index in [0.29, 0.717) is 5.02 Å². The Balaban J connectivity index is 1.92. The monoisotopic (exact) mass is 340 g/mol. The van der Waals surface area contributed by atoms with Gasteiger partial charge < -0.3 is 10.6 Å². The van der Waals surface area contributed by atoms with Gasteiger partial charge in [-0.25, -0.2) is 0 Å². The van der Waals surface area contributed by atoms with E-state index in [1.165, 1.54) is 16.7 Å². The maximum absolute atomic E-state index is 13.1. The van der Waals surface area contributed by atoms with E-state index in [4.69, 9.17) is 11.6 Å². The second-order valence-electron chi connectivity index (χ2n) is 6.90. The lowest BCUT2D eigenvalue weighted by molar-refractivity contribution is -0.123. The predicted octanol–water partition coefficient (Wildman–Crippen LogP) is 4.27. The number of piperidine rings is 1. The molecule has 2 aliphatic rings. The van der Waals surface area contributed by atoms with Crippen LogP contribution in [0.3, 0.4) is 0 Å². The van der Waals surface area contributed by atoms with Crippen molar-refractivity contribution in [3.8, 4) is 0 Å². The van der Waals surface area contributed by atoms with Crippen molar-refractivity contribution < 1.29 is 4.79 Å². The van der Waals surface area contributed by atoms with Crippen LogP contribution in [0.5, 0.6) is 0 Å². The SMILES string of the molecule is Cc1cccc([C@H]2NCCC[C@]23C(=O)Nc2cc(Cl)ccc23)c1C. The van der Waals surface area contributed by atoms with Gasteiger partial charge in [0.15, 0.2) is 0 Å². The average Bonchev–Trinajstić information content (AvgIpc) is 2.83. The minimum absolute atomic E-state index is 0.0198. The molecule has 2 aliphatic heterocycles. The van der Waals surface area contributed by atoms with Crippen LogP contribution in [0.2, 0.25) is 5.02 Å². The van der Waals surface area contributed by atoms with Crippen molar-refractivity contribution in [2.75, 3.05) is 11.9 Å². The van der Waals surface area contributed by atoms with Gasteiger partial charge in [0.2, 0.25) is 5.91 Å². The van der Waals surface area contributed by atoms with Crippen LogP contribution in [0.4, 0.5) is 5.69 Å². The highest BCUT2D eigenvalue weighted by molar-refractivity contribution is 6.31. The first kappa shape index (κ1) is 15.7. The number of amides is 1. The van der Waals surface area contributed by atoms with Crippen molar-refractivity contribution in [3.05, 3.63) is 63.7 Å². The summed E-state index contributed by atoms with van der Waals surface area (Å²) in [4.78, 5) is 13.1. The minimum Gasteiger partial charge on any atom is -0.325 e. The van der Waals surface area contributed by atoms with E-state index in [9.17, 15) is 4.79 Å². The number of nitrogens with one attached hydrogen (secondary N) is 2. The molecule has 0 aliphatic carbocycles. The first-order valence-electron chi connectivity index (χ1n) is 8.45. The predicted molar refractivity (Wildman–Crippen MR) is 97.7 cm³/mol. The Hall–Kier alpha value is -1.84. The van der Waals surface area contributed by atoms with Gasteiger partial charge in [0.1, 0.15) is 0 Å². The summed E-state index contributed by atoms with van der Waals surface area (Å²) >= 11 is 6.13. The van der Waals surface area contributed by atoms with Crippen molar-refractivity contribution in [1.29, 1.82) is 0 Å². The number of hydrogen-bond acceptors (Lipinski definition) is 2. The molecule has 124 valence electrons. The molecule has 4 rings (SSSR count). The highest BCUT2D eigenvalue weighted by atomic mass is 35.5. The van der Waals surface area contributed by atoms with E-state index in [2.05, 4.69) is 42.7 Å². The fourth-order valence-corrected chi connectivity index (χ4v) is 4.47. The molecule has 1 spiro atoms. The van der Waals surface area contributed by atoms with Crippen LogP contribution in [0.15, 0.2) is 36.4 Å². The van der Waals surface area contributed by atoms with Gasteiger partial charge in [-0.15, -0.1) is 0 Å². The Bertz CT molecular complexity index is 832. The first-order valence-corrected chi connectivity index (χ1v) is 8.83. The van der Waals surface area contributed by atoms with Gasteiger partial charge >= 0.3 is 0 Å². The van der Waals surface area contributed by atoms with Gasteiger partial charge in [-0.05, 0) is 67.6 Å². The summed E-state index contributed by atoms with van der Waals surface area (Å²) in [6.07, 6.45) is 1.83. The van der Waals surface area contributed by atoms with Gasteiger partial charge in [-0.1, -0.05) is 35.9 Å². The first-order chi connectivity index (χ1) is 11.5. The lowest BCUT2D eigenvalue weighted by atomic mass is 9.67. The van der Waals surface area contributed by atoms with E-state index in [0.717, 1.165) is 30.6 Å². The molecule has 0 unspecified atom stereocenters. The molecular formula is C20H21ClN2O. The lowest BCUT2D eigenvalue weighted by Crippen LogP contribution is -2.50. The Labute approximate surface area is 147 Å². The molecule has 2 aromatic rings. The van der Waals surface area contributed by atoms with Crippen LogP contribution in [0.25, 0.3) is 0 Å². The van der Waals surface area contributed by atoms with Crippen LogP contribution in [-0.2, 0) is 10.2 Å². The van der Waals surface area contributed by atoms with Gasteiger partial charge in [0.25, 0.3) is 0 Å². The Morgan fingerprint density at radius 2 is 2.04 bits per heavy atom. The molecule has 2 aromatic carbocycles.